The van der Waals surface area contributed by atoms with Gasteiger partial charge in [0, 0.05) is 0 Å². The van der Waals surface area contributed by atoms with Crippen molar-refractivity contribution in [3.05, 3.63) is 23.9 Å². The maximum Gasteiger partial charge on any atom is 0.356 e. The first-order chi connectivity index (χ1) is 5.74. The van der Waals surface area contributed by atoms with Crippen LogP contribution in [0.25, 0.3) is 0 Å². The van der Waals surface area contributed by atoms with Gasteiger partial charge in [0.1, 0.15) is 13.5 Å². The topological polar surface area (TPSA) is 39.2 Å². The van der Waals surface area contributed by atoms with E-state index in [0.29, 0.717) is 12.2 Å². The highest BCUT2D eigenvalue weighted by molar-refractivity contribution is 6.30. The number of hydrogen-bond donors (Lipinski definition) is 0. The Labute approximate surface area is 72.2 Å². The van der Waals surface area contributed by atoms with Crippen molar-refractivity contribution >= 4 is 19.4 Å². The molecule has 2 radical (unpaired) electrons. The summed E-state index contributed by atoms with van der Waals surface area (Å²) in [5.41, 5.74) is 0.567. The number of aromatic nitrogens is 1. The van der Waals surface area contributed by atoms with Crippen molar-refractivity contribution in [2.75, 3.05) is 6.61 Å². The van der Waals surface area contributed by atoms with Crippen molar-refractivity contribution in [1.82, 2.24) is 4.98 Å². The molecule has 0 saturated heterocycles. The Bertz CT molecular complexity index is 288. The standard InChI is InChI=1S/C8H8BNO2/c1-2-12-8(11)6-4-3-5-7(9)10-6/h3-5H,2H2,1H3. The number of carbonyl (C=O) groups excluding carboxylic acids is 1. The van der Waals surface area contributed by atoms with Crippen molar-refractivity contribution in [2.24, 2.45) is 0 Å². The largest absolute Gasteiger partial charge is 0.461 e. The third kappa shape index (κ3) is 2.08. The maximum atomic E-state index is 11.1. The van der Waals surface area contributed by atoms with E-state index >= 15 is 0 Å². The molecule has 12 heavy (non-hydrogen) atoms. The average Bonchev–Trinajstić information content (AvgIpc) is 2.05. The van der Waals surface area contributed by atoms with Crippen LogP contribution in [0.2, 0.25) is 0 Å². The molecule has 4 heteroatoms. The minimum atomic E-state index is -0.440. The quantitative estimate of drug-likeness (QED) is 0.454. The molecule has 0 aliphatic heterocycles. The fourth-order valence-electron chi connectivity index (χ4n) is 0.770. The highest BCUT2D eigenvalue weighted by atomic mass is 16.5. The molecule has 3 nitrogen and oxygen atoms in total. The SMILES string of the molecule is [B]c1cccc(C(=O)OCC)n1. The first-order valence-electron chi connectivity index (χ1n) is 3.63. The molecule has 0 atom stereocenters. The Hall–Kier alpha value is -1.32. The van der Waals surface area contributed by atoms with E-state index in [1.165, 1.54) is 0 Å². The van der Waals surface area contributed by atoms with Crippen molar-refractivity contribution in [2.45, 2.75) is 6.92 Å². The molecule has 0 aliphatic rings. The van der Waals surface area contributed by atoms with Crippen molar-refractivity contribution in [1.29, 1.82) is 0 Å². The number of ether oxygens (including phenoxy) is 1. The molecule has 0 aliphatic carbocycles. The van der Waals surface area contributed by atoms with Gasteiger partial charge >= 0.3 is 5.97 Å². The fraction of sp³-hybridized carbons (Fsp3) is 0.250. The Morgan fingerprint density at radius 3 is 3.00 bits per heavy atom. The Morgan fingerprint density at radius 1 is 1.67 bits per heavy atom. The molecule has 0 spiro atoms. The summed E-state index contributed by atoms with van der Waals surface area (Å²) < 4.78 is 4.73. The van der Waals surface area contributed by atoms with E-state index in [4.69, 9.17) is 12.6 Å². The summed E-state index contributed by atoms with van der Waals surface area (Å²) in [4.78, 5) is 14.9. The van der Waals surface area contributed by atoms with Crippen LogP contribution in [-0.4, -0.2) is 25.4 Å². The molecule has 60 valence electrons. The summed E-state index contributed by atoms with van der Waals surface area (Å²) in [6.45, 7) is 2.08. The minimum Gasteiger partial charge on any atom is -0.461 e. The van der Waals surface area contributed by atoms with E-state index in [0.717, 1.165) is 0 Å². The lowest BCUT2D eigenvalue weighted by molar-refractivity contribution is 0.0520. The monoisotopic (exact) mass is 161 g/mol. The normalized spacial score (nSPS) is 9.42. The van der Waals surface area contributed by atoms with E-state index in [9.17, 15) is 4.79 Å². The van der Waals surface area contributed by atoms with Gasteiger partial charge < -0.3 is 4.74 Å². The minimum absolute atomic E-state index is 0.247. The number of hydrogen-bond acceptors (Lipinski definition) is 3. The molecule has 0 fully saturated rings. The fourth-order valence-corrected chi connectivity index (χ4v) is 0.770. The van der Waals surface area contributed by atoms with Gasteiger partial charge in [0.05, 0.1) is 6.61 Å². The van der Waals surface area contributed by atoms with Crippen LogP contribution in [0, 0.1) is 0 Å². The molecule has 0 unspecified atom stereocenters. The molecule has 1 rings (SSSR count). The Kier molecular flexibility index (Phi) is 2.85. The number of rotatable bonds is 2. The first-order valence-corrected chi connectivity index (χ1v) is 3.63. The van der Waals surface area contributed by atoms with E-state index in [1.807, 2.05) is 0 Å². The van der Waals surface area contributed by atoms with Crippen molar-refractivity contribution in [3.63, 3.8) is 0 Å². The molecule has 0 N–H and O–H groups in total. The van der Waals surface area contributed by atoms with Gasteiger partial charge in [0.15, 0.2) is 0 Å². The summed E-state index contributed by atoms with van der Waals surface area (Å²) in [6, 6.07) is 4.84. The maximum absolute atomic E-state index is 11.1. The Morgan fingerprint density at radius 2 is 2.42 bits per heavy atom. The number of pyridine rings is 1. The van der Waals surface area contributed by atoms with Crippen LogP contribution >= 0.6 is 0 Å². The predicted octanol–water partition coefficient (Wildman–Crippen LogP) is 0.0521. The smallest absolute Gasteiger partial charge is 0.356 e. The first kappa shape index (κ1) is 8.78. The molecule has 0 amide bonds. The van der Waals surface area contributed by atoms with Crippen molar-refractivity contribution < 1.29 is 9.53 Å². The second-order valence-electron chi connectivity index (χ2n) is 2.17. The van der Waals surface area contributed by atoms with Gasteiger partial charge in [0.2, 0.25) is 0 Å². The van der Waals surface area contributed by atoms with Gasteiger partial charge in [0.25, 0.3) is 0 Å². The lowest BCUT2D eigenvalue weighted by atomic mass is 10.0. The summed E-state index contributed by atoms with van der Waals surface area (Å²) in [6.07, 6.45) is 0. The summed E-state index contributed by atoms with van der Waals surface area (Å²) in [5.74, 6) is -0.440. The lowest BCUT2D eigenvalue weighted by Gasteiger charge is -2.00. The highest BCUT2D eigenvalue weighted by Gasteiger charge is 2.06. The van der Waals surface area contributed by atoms with Crippen LogP contribution in [0.15, 0.2) is 18.2 Å². The van der Waals surface area contributed by atoms with E-state index in [-0.39, 0.29) is 5.69 Å². The molecular formula is C8H8BNO2. The third-order valence-electron chi connectivity index (χ3n) is 1.26. The van der Waals surface area contributed by atoms with Crippen LogP contribution in [0.3, 0.4) is 0 Å². The lowest BCUT2D eigenvalue weighted by Crippen LogP contribution is -2.15. The van der Waals surface area contributed by atoms with Crippen LogP contribution in [-0.2, 0) is 4.74 Å². The van der Waals surface area contributed by atoms with Gasteiger partial charge in [-0.15, -0.1) is 0 Å². The third-order valence-corrected chi connectivity index (χ3v) is 1.26. The molecule has 1 aromatic heterocycles. The van der Waals surface area contributed by atoms with Crippen LogP contribution in [0.5, 0.6) is 0 Å². The van der Waals surface area contributed by atoms with E-state index < -0.39 is 5.97 Å². The zero-order valence-electron chi connectivity index (χ0n) is 6.78. The average molecular weight is 161 g/mol. The van der Waals surface area contributed by atoms with E-state index in [1.54, 1.807) is 25.1 Å². The zero-order chi connectivity index (χ0) is 8.97. The van der Waals surface area contributed by atoms with Crippen LogP contribution in [0.1, 0.15) is 17.4 Å². The second-order valence-corrected chi connectivity index (χ2v) is 2.17. The molecule has 0 saturated carbocycles. The number of esters is 1. The molecule has 1 aromatic rings. The second kappa shape index (κ2) is 3.90. The Balaban J connectivity index is 2.81. The van der Waals surface area contributed by atoms with Gasteiger partial charge in [-0.3, -0.25) is 4.98 Å². The summed E-state index contributed by atoms with van der Waals surface area (Å²) in [7, 11) is 5.37. The molecule has 0 bridgehead atoms. The van der Waals surface area contributed by atoms with Gasteiger partial charge in [-0.2, -0.15) is 0 Å². The van der Waals surface area contributed by atoms with E-state index in [2.05, 4.69) is 4.98 Å². The highest BCUT2D eigenvalue weighted by Crippen LogP contribution is 1.94. The number of carbonyl (C=O) groups is 1. The zero-order valence-corrected chi connectivity index (χ0v) is 6.78. The van der Waals surface area contributed by atoms with Gasteiger partial charge in [-0.1, -0.05) is 12.1 Å². The summed E-state index contributed by atoms with van der Waals surface area (Å²) in [5, 5.41) is 0. The summed E-state index contributed by atoms with van der Waals surface area (Å²) >= 11 is 0. The van der Waals surface area contributed by atoms with Crippen LogP contribution < -0.4 is 5.59 Å². The molecular weight excluding hydrogens is 153 g/mol. The molecule has 1 heterocycles. The van der Waals surface area contributed by atoms with Crippen molar-refractivity contribution in [3.8, 4) is 0 Å². The number of nitrogens with zero attached hydrogens (tertiary/aromatic N) is 1. The van der Waals surface area contributed by atoms with Gasteiger partial charge in [-0.25, -0.2) is 4.79 Å². The van der Waals surface area contributed by atoms with Crippen LogP contribution in [0.4, 0.5) is 0 Å². The van der Waals surface area contributed by atoms with Gasteiger partial charge in [-0.05, 0) is 18.6 Å². The molecule has 0 aromatic carbocycles. The predicted molar refractivity (Wildman–Crippen MR) is 45.6 cm³/mol.